The zero-order chi connectivity index (χ0) is 23.3. The van der Waals surface area contributed by atoms with Gasteiger partial charge in [0.25, 0.3) is 0 Å². The van der Waals surface area contributed by atoms with E-state index in [0.29, 0.717) is 6.42 Å². The topological polar surface area (TPSA) is 124 Å². The second-order valence-corrected chi connectivity index (χ2v) is 7.80. The molecule has 0 aromatic heterocycles. The summed E-state index contributed by atoms with van der Waals surface area (Å²) in [6.45, 7) is 1.42. The Balaban J connectivity index is 3.76. The highest BCUT2D eigenvalue weighted by atomic mass is 16.6. The standard InChI is InChI=1S/C24H42O7/c1-2-3-4-5-6-7-8-9-10-11-12-13-14-15-16-17-22(28)31-21(19-26)24(30)23(29)20(27)18-25/h6-7,9-10,19-21,23-25,27,29-30H,2-5,8,11-18H2,1H3/b7-6-,10-9-/t20-,21+,23-,24-/m1/s1. The largest absolute Gasteiger partial charge is 0.452 e. The van der Waals surface area contributed by atoms with Gasteiger partial charge in [-0.05, 0) is 38.5 Å². The minimum atomic E-state index is -1.80. The van der Waals surface area contributed by atoms with Crippen LogP contribution in [0.15, 0.2) is 24.3 Å². The van der Waals surface area contributed by atoms with Crippen molar-refractivity contribution in [3.63, 3.8) is 0 Å². The Morgan fingerprint density at radius 2 is 1.42 bits per heavy atom. The third-order valence-electron chi connectivity index (χ3n) is 5.00. The number of esters is 1. The van der Waals surface area contributed by atoms with E-state index < -0.39 is 37.0 Å². The van der Waals surface area contributed by atoms with Gasteiger partial charge in [-0.2, -0.15) is 0 Å². The molecule has 4 atom stereocenters. The van der Waals surface area contributed by atoms with Crippen LogP contribution in [0.1, 0.15) is 84.0 Å². The minimum Gasteiger partial charge on any atom is -0.452 e. The smallest absolute Gasteiger partial charge is 0.306 e. The van der Waals surface area contributed by atoms with Crippen molar-refractivity contribution in [2.24, 2.45) is 0 Å². The van der Waals surface area contributed by atoms with E-state index in [1.54, 1.807) is 0 Å². The molecule has 7 heteroatoms. The Hall–Kier alpha value is -1.54. The summed E-state index contributed by atoms with van der Waals surface area (Å²) in [6, 6.07) is 0. The molecule has 0 fully saturated rings. The lowest BCUT2D eigenvalue weighted by molar-refractivity contribution is -0.168. The van der Waals surface area contributed by atoms with Crippen LogP contribution in [0.2, 0.25) is 0 Å². The van der Waals surface area contributed by atoms with Crippen LogP contribution in [0.4, 0.5) is 0 Å². The van der Waals surface area contributed by atoms with E-state index in [9.17, 15) is 24.9 Å². The van der Waals surface area contributed by atoms with Crippen LogP contribution in [-0.4, -0.2) is 63.7 Å². The van der Waals surface area contributed by atoms with Gasteiger partial charge in [-0.3, -0.25) is 9.59 Å². The second kappa shape index (κ2) is 20.4. The predicted octanol–water partition coefficient (Wildman–Crippen LogP) is 2.99. The number of carbonyl (C=O) groups excluding carboxylic acids is 2. The highest BCUT2D eigenvalue weighted by molar-refractivity contribution is 5.72. The summed E-state index contributed by atoms with van der Waals surface area (Å²) in [6.07, 6.45) is 14.1. The number of rotatable bonds is 20. The van der Waals surface area contributed by atoms with Crippen molar-refractivity contribution in [1.29, 1.82) is 0 Å². The molecule has 0 saturated carbocycles. The highest BCUT2D eigenvalue weighted by Gasteiger charge is 2.33. The van der Waals surface area contributed by atoms with E-state index in [1.807, 2.05) is 0 Å². The minimum absolute atomic E-state index is 0.111. The van der Waals surface area contributed by atoms with Crippen LogP contribution in [0.3, 0.4) is 0 Å². The first-order chi connectivity index (χ1) is 15.0. The third-order valence-corrected chi connectivity index (χ3v) is 5.00. The van der Waals surface area contributed by atoms with Gasteiger partial charge in [-0.1, -0.05) is 63.3 Å². The lowest BCUT2D eigenvalue weighted by Crippen LogP contribution is -2.48. The van der Waals surface area contributed by atoms with E-state index in [0.717, 1.165) is 38.5 Å². The van der Waals surface area contributed by atoms with Crippen LogP contribution in [-0.2, 0) is 14.3 Å². The Morgan fingerprint density at radius 3 is 2.00 bits per heavy atom. The average molecular weight is 443 g/mol. The summed E-state index contributed by atoms with van der Waals surface area (Å²) in [7, 11) is 0. The van der Waals surface area contributed by atoms with Crippen molar-refractivity contribution < 1.29 is 34.8 Å². The molecule has 0 aliphatic carbocycles. The van der Waals surface area contributed by atoms with Crippen molar-refractivity contribution in [2.45, 2.75) is 108 Å². The van der Waals surface area contributed by atoms with E-state index >= 15 is 0 Å². The molecule has 0 rings (SSSR count). The number of hydrogen-bond acceptors (Lipinski definition) is 7. The van der Waals surface area contributed by atoms with Gasteiger partial charge in [-0.15, -0.1) is 0 Å². The van der Waals surface area contributed by atoms with Gasteiger partial charge in [0, 0.05) is 6.42 Å². The second-order valence-electron chi connectivity index (χ2n) is 7.80. The van der Waals surface area contributed by atoms with E-state index in [-0.39, 0.29) is 12.7 Å². The van der Waals surface area contributed by atoms with E-state index in [1.165, 1.54) is 25.7 Å². The quantitative estimate of drug-likeness (QED) is 0.0989. The maximum Gasteiger partial charge on any atom is 0.306 e. The van der Waals surface area contributed by atoms with Gasteiger partial charge in [0.05, 0.1) is 6.61 Å². The van der Waals surface area contributed by atoms with Crippen LogP contribution in [0.5, 0.6) is 0 Å². The monoisotopic (exact) mass is 442 g/mol. The SMILES string of the molecule is CCCCC/C=C\C/C=C\CCCCCCCC(=O)O[C@@H](C=O)[C@@H](O)[C@H](O)[C@H](O)CO. The fourth-order valence-corrected chi connectivity index (χ4v) is 3.00. The number of hydrogen-bond donors (Lipinski definition) is 4. The zero-order valence-electron chi connectivity index (χ0n) is 18.9. The normalized spacial score (nSPS) is 15.8. The Morgan fingerprint density at radius 1 is 0.839 bits per heavy atom. The first-order valence-electron chi connectivity index (χ1n) is 11.6. The van der Waals surface area contributed by atoms with Gasteiger partial charge in [0.15, 0.2) is 12.4 Å². The summed E-state index contributed by atoms with van der Waals surface area (Å²) in [5.74, 6) is -0.646. The average Bonchev–Trinajstić information content (AvgIpc) is 2.78. The third kappa shape index (κ3) is 15.8. The van der Waals surface area contributed by atoms with Gasteiger partial charge < -0.3 is 25.2 Å². The molecule has 31 heavy (non-hydrogen) atoms. The lowest BCUT2D eigenvalue weighted by atomic mass is 10.0. The number of carbonyl (C=O) groups is 2. The first kappa shape index (κ1) is 29.5. The van der Waals surface area contributed by atoms with E-state index in [2.05, 4.69) is 31.2 Å². The molecule has 0 aliphatic heterocycles. The molecular formula is C24H42O7. The van der Waals surface area contributed by atoms with Crippen molar-refractivity contribution in [1.82, 2.24) is 0 Å². The summed E-state index contributed by atoms with van der Waals surface area (Å²) in [4.78, 5) is 22.8. The van der Waals surface area contributed by atoms with Gasteiger partial charge >= 0.3 is 5.97 Å². The number of ether oxygens (including phenoxy) is 1. The molecule has 0 bridgehead atoms. The van der Waals surface area contributed by atoms with Crippen molar-refractivity contribution in [2.75, 3.05) is 6.61 Å². The number of unbranched alkanes of at least 4 members (excludes halogenated alkanes) is 8. The van der Waals surface area contributed by atoms with Gasteiger partial charge in [-0.25, -0.2) is 0 Å². The van der Waals surface area contributed by atoms with Crippen LogP contribution in [0, 0.1) is 0 Å². The van der Waals surface area contributed by atoms with E-state index in [4.69, 9.17) is 9.84 Å². The van der Waals surface area contributed by atoms with Crippen molar-refractivity contribution in [3.8, 4) is 0 Å². The van der Waals surface area contributed by atoms with Gasteiger partial charge in [0.2, 0.25) is 0 Å². The van der Waals surface area contributed by atoms with Gasteiger partial charge in [0.1, 0.15) is 18.3 Å². The molecule has 0 heterocycles. The summed E-state index contributed by atoms with van der Waals surface area (Å²) >= 11 is 0. The Kier molecular flexibility index (Phi) is 19.4. The van der Waals surface area contributed by atoms with Crippen LogP contribution >= 0.6 is 0 Å². The molecule has 0 spiro atoms. The molecule has 0 radical (unpaired) electrons. The molecule has 0 amide bonds. The highest BCUT2D eigenvalue weighted by Crippen LogP contribution is 2.11. The molecule has 0 aliphatic rings. The molecule has 0 aromatic rings. The fourth-order valence-electron chi connectivity index (χ4n) is 3.00. The summed E-state index contributed by atoms with van der Waals surface area (Å²) < 4.78 is 4.87. The zero-order valence-corrected chi connectivity index (χ0v) is 18.9. The van der Waals surface area contributed by atoms with Crippen molar-refractivity contribution >= 4 is 12.3 Å². The number of allylic oxidation sites excluding steroid dienone is 4. The summed E-state index contributed by atoms with van der Waals surface area (Å²) in [5, 5.41) is 37.5. The maximum atomic E-state index is 11.8. The molecule has 4 N–H and O–H groups in total. The molecule has 0 saturated heterocycles. The molecule has 0 unspecified atom stereocenters. The van der Waals surface area contributed by atoms with Crippen LogP contribution in [0.25, 0.3) is 0 Å². The molecule has 0 aromatic carbocycles. The number of aldehydes is 1. The lowest BCUT2D eigenvalue weighted by Gasteiger charge is -2.25. The number of aliphatic hydroxyl groups is 4. The maximum absolute atomic E-state index is 11.8. The van der Waals surface area contributed by atoms with Crippen LogP contribution < -0.4 is 0 Å². The van der Waals surface area contributed by atoms with Crippen molar-refractivity contribution in [3.05, 3.63) is 24.3 Å². The molecule has 180 valence electrons. The fraction of sp³-hybridized carbons (Fsp3) is 0.750. The summed E-state index contributed by atoms with van der Waals surface area (Å²) in [5.41, 5.74) is 0. The Bertz CT molecular complexity index is 504. The first-order valence-corrected chi connectivity index (χ1v) is 11.6. The number of aliphatic hydroxyl groups excluding tert-OH is 4. The molecular weight excluding hydrogens is 400 g/mol. The predicted molar refractivity (Wildman–Crippen MR) is 120 cm³/mol. The Labute approximate surface area is 186 Å². The molecule has 7 nitrogen and oxygen atoms in total.